The normalized spacial score (nSPS) is 10.9. The summed E-state index contributed by atoms with van der Waals surface area (Å²) in [5.74, 6) is -1.38. The Morgan fingerprint density at radius 2 is 1.66 bits per heavy atom. The largest absolute Gasteiger partial charge is 0.422 e. The minimum absolute atomic E-state index is 0.246. The number of rotatable bonds is 7. The lowest BCUT2D eigenvalue weighted by molar-refractivity contribution is -0.120. The van der Waals surface area contributed by atoms with Gasteiger partial charge in [-0.15, -0.1) is 11.3 Å². The van der Waals surface area contributed by atoms with E-state index in [0.29, 0.717) is 15.5 Å². The van der Waals surface area contributed by atoms with Gasteiger partial charge in [0, 0.05) is 15.6 Å². The number of carbonyl (C=O) groups excluding carboxylic acids is 3. The molecule has 0 unspecified atom stereocenters. The van der Waals surface area contributed by atoms with Crippen LogP contribution in [-0.2, 0) is 4.79 Å². The monoisotopic (exact) mass is 525 g/mol. The molecule has 0 saturated heterocycles. The van der Waals surface area contributed by atoms with E-state index in [2.05, 4.69) is 15.8 Å². The number of hydrogen-bond donors (Lipinski definition) is 2. The summed E-state index contributed by atoms with van der Waals surface area (Å²) in [6.07, 6.45) is 1.34. The maximum Gasteiger partial charge on any atom is 0.355 e. The molecule has 0 atom stereocenters. The fraction of sp³-hybridized carbons (Fsp3) is 0.0400. The van der Waals surface area contributed by atoms with Crippen molar-refractivity contribution in [1.82, 2.24) is 10.7 Å². The quantitative estimate of drug-likeness (QED) is 0.148. The number of hydrazone groups is 1. The maximum atomic E-state index is 12.8. The third kappa shape index (κ3) is 5.86. The second kappa shape index (κ2) is 11.1. The van der Waals surface area contributed by atoms with Crippen molar-refractivity contribution in [2.75, 3.05) is 6.54 Å². The lowest BCUT2D eigenvalue weighted by Crippen LogP contribution is -2.35. The maximum absolute atomic E-state index is 12.8. The Balaban J connectivity index is 1.37. The Labute approximate surface area is 214 Å². The minimum atomic E-state index is -0.594. The molecule has 0 aliphatic heterocycles. The molecule has 0 bridgehead atoms. The highest BCUT2D eigenvalue weighted by atomic mass is 35.5. The fourth-order valence-electron chi connectivity index (χ4n) is 3.09. The number of carbonyl (C=O) groups is 3. The predicted octanol–water partition coefficient (Wildman–Crippen LogP) is 5.31. The molecule has 0 aliphatic carbocycles. The molecule has 2 amide bonds. The molecule has 1 aromatic heterocycles. The summed E-state index contributed by atoms with van der Waals surface area (Å²) in [5.41, 5.74) is 3.04. The third-order valence-electron chi connectivity index (χ3n) is 4.76. The highest BCUT2D eigenvalue weighted by Gasteiger charge is 2.19. The molecule has 0 aliphatic rings. The fourth-order valence-corrected chi connectivity index (χ4v) is 4.69. The van der Waals surface area contributed by atoms with Gasteiger partial charge in [0.1, 0.15) is 10.6 Å². The highest BCUT2D eigenvalue weighted by Crippen LogP contribution is 2.36. The topological polar surface area (TPSA) is 96.9 Å². The smallest absolute Gasteiger partial charge is 0.355 e. The number of para-hydroxylation sites is 1. The molecule has 7 nitrogen and oxygen atoms in total. The van der Waals surface area contributed by atoms with Gasteiger partial charge in [0.05, 0.1) is 28.4 Å². The van der Waals surface area contributed by atoms with E-state index in [4.69, 9.17) is 27.9 Å². The second-order valence-corrected chi connectivity index (χ2v) is 8.96. The number of thiophene rings is 1. The molecule has 0 saturated carbocycles. The van der Waals surface area contributed by atoms with Crippen molar-refractivity contribution in [3.8, 4) is 5.75 Å². The van der Waals surface area contributed by atoms with Crippen LogP contribution in [0, 0.1) is 0 Å². The predicted molar refractivity (Wildman–Crippen MR) is 138 cm³/mol. The Morgan fingerprint density at radius 3 is 2.46 bits per heavy atom. The Morgan fingerprint density at radius 1 is 0.943 bits per heavy atom. The van der Waals surface area contributed by atoms with Crippen LogP contribution < -0.4 is 15.5 Å². The minimum Gasteiger partial charge on any atom is -0.422 e. The van der Waals surface area contributed by atoms with E-state index in [-0.39, 0.29) is 22.9 Å². The molecular weight excluding hydrogens is 509 g/mol. The van der Waals surface area contributed by atoms with Crippen molar-refractivity contribution in [1.29, 1.82) is 0 Å². The molecule has 176 valence electrons. The number of esters is 1. The standard InChI is InChI=1S/C25H17Cl2N3O4S/c26-18-10-4-2-8-16(18)24(32)28-14-21(31)30-29-13-15-7-1-5-11-19(15)34-25(33)23-22(27)17-9-3-6-12-20(17)35-23/h1-13H,14H2,(H,28,32)(H,30,31). The summed E-state index contributed by atoms with van der Waals surface area (Å²) in [6.45, 7) is -0.303. The van der Waals surface area contributed by atoms with Gasteiger partial charge in [-0.3, -0.25) is 9.59 Å². The molecule has 4 aromatic rings. The number of amides is 2. The van der Waals surface area contributed by atoms with E-state index in [9.17, 15) is 14.4 Å². The zero-order valence-corrected chi connectivity index (χ0v) is 20.3. The van der Waals surface area contributed by atoms with Crippen LogP contribution in [-0.4, -0.2) is 30.5 Å². The van der Waals surface area contributed by atoms with Crippen molar-refractivity contribution >= 4 is 68.6 Å². The lowest BCUT2D eigenvalue weighted by Gasteiger charge is -2.07. The van der Waals surface area contributed by atoms with Gasteiger partial charge in [-0.1, -0.05) is 65.7 Å². The molecule has 35 heavy (non-hydrogen) atoms. The third-order valence-corrected chi connectivity index (χ3v) is 6.75. The average Bonchev–Trinajstić information content (AvgIpc) is 3.20. The number of halogens is 2. The first kappa shape index (κ1) is 24.4. The molecule has 10 heteroatoms. The van der Waals surface area contributed by atoms with E-state index in [1.54, 1.807) is 48.5 Å². The Bertz CT molecular complexity index is 1450. The van der Waals surface area contributed by atoms with E-state index in [1.807, 2.05) is 24.3 Å². The zero-order valence-electron chi connectivity index (χ0n) is 18.0. The van der Waals surface area contributed by atoms with E-state index < -0.39 is 17.8 Å². The van der Waals surface area contributed by atoms with Crippen molar-refractivity contribution in [2.24, 2.45) is 5.10 Å². The van der Waals surface area contributed by atoms with Crippen LogP contribution in [0.25, 0.3) is 10.1 Å². The first-order chi connectivity index (χ1) is 16.9. The highest BCUT2D eigenvalue weighted by molar-refractivity contribution is 7.21. The summed E-state index contributed by atoms with van der Waals surface area (Å²) in [7, 11) is 0. The van der Waals surface area contributed by atoms with E-state index >= 15 is 0 Å². The SMILES string of the molecule is O=C(CNC(=O)c1ccccc1Cl)NN=Cc1ccccc1OC(=O)c1sc2ccccc2c1Cl. The summed E-state index contributed by atoms with van der Waals surface area (Å²) in [5, 5.41) is 7.76. The summed E-state index contributed by atoms with van der Waals surface area (Å²) < 4.78 is 6.43. The van der Waals surface area contributed by atoms with Crippen molar-refractivity contribution in [3.63, 3.8) is 0 Å². The Kier molecular flexibility index (Phi) is 7.77. The summed E-state index contributed by atoms with van der Waals surface area (Å²) in [4.78, 5) is 37.3. The van der Waals surface area contributed by atoms with Gasteiger partial charge in [0.15, 0.2) is 0 Å². The van der Waals surface area contributed by atoms with Crippen LogP contribution in [0.15, 0.2) is 77.9 Å². The van der Waals surface area contributed by atoms with Gasteiger partial charge < -0.3 is 10.1 Å². The van der Waals surface area contributed by atoms with Crippen LogP contribution in [0.5, 0.6) is 5.75 Å². The number of nitrogens with zero attached hydrogens (tertiary/aromatic N) is 1. The van der Waals surface area contributed by atoms with Crippen LogP contribution in [0.3, 0.4) is 0 Å². The van der Waals surface area contributed by atoms with Crippen molar-refractivity contribution in [2.45, 2.75) is 0 Å². The van der Waals surface area contributed by atoms with Crippen LogP contribution in [0.2, 0.25) is 10.0 Å². The molecule has 1 heterocycles. The van der Waals surface area contributed by atoms with Gasteiger partial charge in [-0.2, -0.15) is 5.10 Å². The van der Waals surface area contributed by atoms with E-state index in [0.717, 1.165) is 10.1 Å². The van der Waals surface area contributed by atoms with Gasteiger partial charge >= 0.3 is 5.97 Å². The molecule has 0 radical (unpaired) electrons. The van der Waals surface area contributed by atoms with Gasteiger partial charge in [0.2, 0.25) is 0 Å². The van der Waals surface area contributed by atoms with Crippen LogP contribution >= 0.6 is 34.5 Å². The summed E-state index contributed by atoms with van der Waals surface area (Å²) >= 11 is 13.6. The lowest BCUT2D eigenvalue weighted by atomic mass is 10.2. The van der Waals surface area contributed by atoms with E-state index in [1.165, 1.54) is 17.6 Å². The van der Waals surface area contributed by atoms with Gasteiger partial charge in [-0.05, 0) is 30.3 Å². The molecule has 4 rings (SSSR count). The molecule has 3 aromatic carbocycles. The molecule has 2 N–H and O–H groups in total. The number of hydrogen-bond acceptors (Lipinski definition) is 6. The van der Waals surface area contributed by atoms with Crippen LogP contribution in [0.1, 0.15) is 25.6 Å². The molecular formula is C25H17Cl2N3O4S. The summed E-state index contributed by atoms with van der Waals surface area (Å²) in [6, 6.07) is 20.6. The van der Waals surface area contributed by atoms with Gasteiger partial charge in [-0.25, -0.2) is 10.2 Å². The van der Waals surface area contributed by atoms with Gasteiger partial charge in [0.25, 0.3) is 11.8 Å². The first-order valence-electron chi connectivity index (χ1n) is 10.3. The molecule has 0 fully saturated rings. The van der Waals surface area contributed by atoms with Crippen LogP contribution in [0.4, 0.5) is 0 Å². The number of fused-ring (bicyclic) bond motifs is 1. The number of nitrogens with one attached hydrogen (secondary N) is 2. The number of benzene rings is 3. The van der Waals surface area contributed by atoms with Crippen molar-refractivity contribution < 1.29 is 19.1 Å². The average molecular weight is 526 g/mol. The zero-order chi connectivity index (χ0) is 24.8. The second-order valence-electron chi connectivity index (χ2n) is 7.12. The number of ether oxygens (including phenoxy) is 1. The molecule has 0 spiro atoms. The van der Waals surface area contributed by atoms with Crippen molar-refractivity contribution in [3.05, 3.63) is 98.8 Å². The first-order valence-corrected chi connectivity index (χ1v) is 11.8. The Hall–Kier alpha value is -3.72.